The molecule has 128 valence electrons. The number of nitriles is 1. The van der Waals surface area contributed by atoms with E-state index in [0.29, 0.717) is 11.4 Å². The van der Waals surface area contributed by atoms with E-state index in [4.69, 9.17) is 5.41 Å². The Morgan fingerprint density at radius 2 is 1.89 bits per heavy atom. The Morgan fingerprint density at radius 1 is 1.04 bits per heavy atom. The molecule has 0 unspecified atom stereocenters. The Bertz CT molecular complexity index is 1210. The van der Waals surface area contributed by atoms with Crippen molar-refractivity contribution in [3.63, 3.8) is 0 Å². The van der Waals surface area contributed by atoms with Crippen LogP contribution in [0.3, 0.4) is 0 Å². The van der Waals surface area contributed by atoms with Crippen molar-refractivity contribution in [2.45, 2.75) is 6.92 Å². The summed E-state index contributed by atoms with van der Waals surface area (Å²) < 4.78 is 0. The number of pyridine rings is 1. The summed E-state index contributed by atoms with van der Waals surface area (Å²) >= 11 is 0. The normalized spacial score (nSPS) is 10.5. The van der Waals surface area contributed by atoms with Crippen molar-refractivity contribution < 1.29 is 0 Å². The van der Waals surface area contributed by atoms with Gasteiger partial charge >= 0.3 is 0 Å². The molecule has 5 heteroatoms. The highest BCUT2D eigenvalue weighted by molar-refractivity contribution is 6.05. The number of hydrogen-bond donors (Lipinski definition) is 1. The van der Waals surface area contributed by atoms with Crippen LogP contribution in [-0.4, -0.2) is 21.2 Å². The molecule has 0 radical (unpaired) electrons. The molecule has 1 N–H and O–H groups in total. The van der Waals surface area contributed by atoms with Crippen LogP contribution in [0.5, 0.6) is 0 Å². The number of aryl methyl sites for hydroxylation is 1. The second-order valence-corrected chi connectivity index (χ2v) is 6.13. The van der Waals surface area contributed by atoms with Crippen LogP contribution in [0, 0.1) is 23.7 Å². The summed E-state index contributed by atoms with van der Waals surface area (Å²) in [6.07, 6.45) is 4.78. The van der Waals surface area contributed by atoms with Crippen LogP contribution in [0.2, 0.25) is 0 Å². The van der Waals surface area contributed by atoms with E-state index in [1.54, 1.807) is 18.5 Å². The van der Waals surface area contributed by atoms with Gasteiger partial charge in [0.2, 0.25) is 0 Å². The molecule has 4 rings (SSSR count). The number of nitrogens with zero attached hydrogens (tertiary/aromatic N) is 4. The van der Waals surface area contributed by atoms with Gasteiger partial charge in [-0.1, -0.05) is 18.2 Å². The van der Waals surface area contributed by atoms with E-state index in [0.717, 1.165) is 38.9 Å². The van der Waals surface area contributed by atoms with Crippen LogP contribution in [0.15, 0.2) is 60.9 Å². The fourth-order valence-electron chi connectivity index (χ4n) is 3.22. The summed E-state index contributed by atoms with van der Waals surface area (Å²) in [5.74, 6) is 0.614. The molecule has 0 atom stereocenters. The van der Waals surface area contributed by atoms with Crippen molar-refractivity contribution >= 4 is 17.1 Å². The van der Waals surface area contributed by atoms with Crippen molar-refractivity contribution in [1.29, 1.82) is 10.7 Å². The van der Waals surface area contributed by atoms with E-state index in [1.807, 2.05) is 49.4 Å². The highest BCUT2D eigenvalue weighted by atomic mass is 14.9. The van der Waals surface area contributed by atoms with Gasteiger partial charge in [0.15, 0.2) is 5.82 Å². The Hall–Kier alpha value is -3.91. The first-order valence-corrected chi connectivity index (χ1v) is 8.44. The number of nitrogens with one attached hydrogen (secondary N) is 1. The summed E-state index contributed by atoms with van der Waals surface area (Å²) in [7, 11) is 0. The van der Waals surface area contributed by atoms with E-state index in [2.05, 4.69) is 21.0 Å². The first kappa shape index (κ1) is 16.6. The third kappa shape index (κ3) is 2.94. The van der Waals surface area contributed by atoms with Crippen molar-refractivity contribution in [3.8, 4) is 28.6 Å². The molecule has 0 spiro atoms. The number of hydrogen-bond acceptors (Lipinski definition) is 5. The molecule has 0 aliphatic rings. The molecular weight excluding hydrogens is 334 g/mol. The molecule has 0 amide bonds. The second kappa shape index (κ2) is 6.77. The van der Waals surface area contributed by atoms with Gasteiger partial charge in [0, 0.05) is 40.8 Å². The van der Waals surface area contributed by atoms with Crippen LogP contribution in [0.1, 0.15) is 16.8 Å². The van der Waals surface area contributed by atoms with E-state index in [9.17, 15) is 5.26 Å². The Balaban J connectivity index is 1.96. The lowest BCUT2D eigenvalue weighted by Crippen LogP contribution is -1.99. The zero-order valence-electron chi connectivity index (χ0n) is 14.6. The van der Waals surface area contributed by atoms with Crippen molar-refractivity contribution in [2.75, 3.05) is 0 Å². The molecule has 2 aromatic carbocycles. The quantitative estimate of drug-likeness (QED) is 0.550. The summed E-state index contributed by atoms with van der Waals surface area (Å²) in [6, 6.07) is 17.2. The molecule has 0 fully saturated rings. The van der Waals surface area contributed by atoms with Gasteiger partial charge < -0.3 is 5.41 Å². The predicted octanol–water partition coefficient (Wildman–Crippen LogP) is 4.54. The Morgan fingerprint density at radius 3 is 2.63 bits per heavy atom. The van der Waals surface area contributed by atoms with Gasteiger partial charge in [0.05, 0.1) is 17.1 Å². The molecule has 0 bridgehead atoms. The predicted molar refractivity (Wildman–Crippen MR) is 106 cm³/mol. The topological polar surface area (TPSA) is 86.3 Å². The fraction of sp³-hybridized carbons (Fsp3) is 0.0455. The molecule has 27 heavy (non-hydrogen) atoms. The van der Waals surface area contributed by atoms with Gasteiger partial charge in [-0.2, -0.15) is 5.26 Å². The van der Waals surface area contributed by atoms with Gasteiger partial charge in [-0.3, -0.25) is 4.98 Å². The van der Waals surface area contributed by atoms with Gasteiger partial charge in [0.25, 0.3) is 0 Å². The fourth-order valence-corrected chi connectivity index (χ4v) is 3.22. The van der Waals surface area contributed by atoms with E-state index in [1.165, 1.54) is 6.21 Å². The molecule has 5 nitrogen and oxygen atoms in total. The van der Waals surface area contributed by atoms with E-state index in [-0.39, 0.29) is 0 Å². The number of rotatable bonds is 3. The van der Waals surface area contributed by atoms with Crippen LogP contribution in [0.25, 0.3) is 33.4 Å². The van der Waals surface area contributed by atoms with Crippen LogP contribution in [0.4, 0.5) is 0 Å². The second-order valence-electron chi connectivity index (χ2n) is 6.13. The van der Waals surface area contributed by atoms with E-state index < -0.39 is 0 Å². The average Bonchev–Trinajstić information content (AvgIpc) is 2.73. The van der Waals surface area contributed by atoms with Gasteiger partial charge in [0.1, 0.15) is 0 Å². The molecule has 0 aliphatic heterocycles. The highest BCUT2D eigenvalue weighted by Gasteiger charge is 2.14. The first-order chi connectivity index (χ1) is 13.2. The smallest absolute Gasteiger partial charge is 0.161 e. The van der Waals surface area contributed by atoms with Gasteiger partial charge in [-0.15, -0.1) is 0 Å². The van der Waals surface area contributed by atoms with Crippen LogP contribution in [-0.2, 0) is 0 Å². The maximum absolute atomic E-state index is 9.17. The average molecular weight is 349 g/mol. The molecular formula is C22H15N5. The third-order valence-electron chi connectivity index (χ3n) is 4.45. The summed E-state index contributed by atoms with van der Waals surface area (Å²) in [5.41, 5.74) is 5.54. The number of benzene rings is 2. The number of aromatic nitrogens is 3. The summed E-state index contributed by atoms with van der Waals surface area (Å²) in [6.45, 7) is 1.92. The Labute approximate surface area is 156 Å². The van der Waals surface area contributed by atoms with Crippen molar-refractivity contribution in [1.82, 2.24) is 15.0 Å². The van der Waals surface area contributed by atoms with E-state index >= 15 is 0 Å². The molecule has 0 saturated heterocycles. The minimum Gasteiger partial charge on any atom is -0.308 e. The molecule has 0 aliphatic carbocycles. The zero-order valence-corrected chi connectivity index (χ0v) is 14.6. The molecule has 4 aromatic rings. The van der Waals surface area contributed by atoms with Gasteiger partial charge in [-0.25, -0.2) is 9.97 Å². The SMILES string of the molecule is Cc1nc(-c2cccnc2)nc2ccc(-c3cccc(C#N)c3)c(C=N)c12. The third-order valence-corrected chi connectivity index (χ3v) is 4.45. The lowest BCUT2D eigenvalue weighted by molar-refractivity contribution is 1.15. The maximum Gasteiger partial charge on any atom is 0.161 e. The molecule has 2 heterocycles. The van der Waals surface area contributed by atoms with Crippen molar-refractivity contribution in [3.05, 3.63) is 77.7 Å². The first-order valence-electron chi connectivity index (χ1n) is 8.44. The zero-order chi connectivity index (χ0) is 18.8. The summed E-state index contributed by atoms with van der Waals surface area (Å²) in [5, 5.41) is 18.0. The largest absolute Gasteiger partial charge is 0.308 e. The minimum absolute atomic E-state index is 0.587. The van der Waals surface area contributed by atoms with Crippen LogP contribution < -0.4 is 0 Å². The molecule has 2 aromatic heterocycles. The minimum atomic E-state index is 0.587. The Kier molecular flexibility index (Phi) is 4.15. The summed E-state index contributed by atoms with van der Waals surface area (Å²) in [4.78, 5) is 13.5. The highest BCUT2D eigenvalue weighted by Crippen LogP contribution is 2.31. The van der Waals surface area contributed by atoms with Crippen molar-refractivity contribution in [2.24, 2.45) is 0 Å². The monoisotopic (exact) mass is 349 g/mol. The molecule has 0 saturated carbocycles. The lowest BCUT2D eigenvalue weighted by Gasteiger charge is -2.12. The standard InChI is InChI=1S/C22H15N5/c1-14-21-19(12-24)18(16-5-2-4-15(10-16)11-23)7-8-20(21)27-22(26-14)17-6-3-9-25-13-17/h2-10,12-13,24H,1H3. The lowest BCUT2D eigenvalue weighted by atomic mass is 9.95. The number of fused-ring (bicyclic) bond motifs is 1. The van der Waals surface area contributed by atoms with Gasteiger partial charge in [-0.05, 0) is 48.4 Å². The maximum atomic E-state index is 9.17. The van der Waals surface area contributed by atoms with Crippen LogP contribution >= 0.6 is 0 Å².